The minimum absolute atomic E-state index is 0.104. The van der Waals surface area contributed by atoms with Gasteiger partial charge in [0.15, 0.2) is 0 Å². The maximum Gasteiger partial charge on any atom is 0.333 e. The number of cyclic esters (lactones) is 1. The monoisotopic (exact) mass is 289 g/mol. The molecule has 0 spiro atoms. The van der Waals surface area contributed by atoms with Crippen LogP contribution in [-0.4, -0.2) is 31.7 Å². The highest BCUT2D eigenvalue weighted by Gasteiger charge is 2.15. The zero-order valence-corrected chi connectivity index (χ0v) is 12.2. The van der Waals surface area contributed by atoms with Crippen LogP contribution in [0, 0.1) is 0 Å². The van der Waals surface area contributed by atoms with Gasteiger partial charge in [-0.1, -0.05) is 0 Å². The van der Waals surface area contributed by atoms with Gasteiger partial charge in [0.2, 0.25) is 0 Å². The average molecular weight is 289 g/mol. The molecule has 1 aromatic rings. The van der Waals surface area contributed by atoms with E-state index in [1.54, 1.807) is 0 Å². The Morgan fingerprint density at radius 3 is 2.38 bits per heavy atom. The average Bonchev–Trinajstić information content (AvgIpc) is 2.87. The summed E-state index contributed by atoms with van der Waals surface area (Å²) in [7, 11) is 0. The van der Waals surface area contributed by atoms with E-state index in [0.717, 1.165) is 18.8 Å². The predicted molar refractivity (Wildman–Crippen MR) is 81.2 cm³/mol. The molecule has 1 aliphatic heterocycles. The lowest BCUT2D eigenvalue weighted by molar-refractivity contribution is -0.134. The van der Waals surface area contributed by atoms with Crippen LogP contribution in [0.15, 0.2) is 36.0 Å². The lowest BCUT2D eigenvalue weighted by atomic mass is 10.2. The SMILES string of the molecule is CCN(CC)c1ccc(NC(=O)NC2=CC(=O)OC2)cc1. The topological polar surface area (TPSA) is 70.7 Å². The molecule has 0 unspecified atom stereocenters. The molecule has 0 aromatic heterocycles. The van der Waals surface area contributed by atoms with E-state index in [0.29, 0.717) is 11.4 Å². The zero-order valence-electron chi connectivity index (χ0n) is 12.2. The van der Waals surface area contributed by atoms with E-state index >= 15 is 0 Å². The van der Waals surface area contributed by atoms with Crippen LogP contribution in [0.2, 0.25) is 0 Å². The number of anilines is 2. The van der Waals surface area contributed by atoms with Gasteiger partial charge in [-0.15, -0.1) is 0 Å². The van der Waals surface area contributed by atoms with Gasteiger partial charge in [0.25, 0.3) is 0 Å². The number of carbonyl (C=O) groups excluding carboxylic acids is 2. The fourth-order valence-electron chi connectivity index (χ4n) is 2.10. The predicted octanol–water partition coefficient (Wildman–Crippen LogP) is 2.09. The van der Waals surface area contributed by atoms with Crippen LogP contribution in [0.1, 0.15) is 13.8 Å². The van der Waals surface area contributed by atoms with Crippen molar-refractivity contribution in [1.29, 1.82) is 0 Å². The number of urea groups is 1. The van der Waals surface area contributed by atoms with Crippen molar-refractivity contribution < 1.29 is 14.3 Å². The Morgan fingerprint density at radius 2 is 1.86 bits per heavy atom. The van der Waals surface area contributed by atoms with Crippen LogP contribution >= 0.6 is 0 Å². The quantitative estimate of drug-likeness (QED) is 0.814. The van der Waals surface area contributed by atoms with E-state index in [4.69, 9.17) is 4.74 Å². The number of esters is 1. The lowest BCUT2D eigenvalue weighted by Gasteiger charge is -2.21. The van der Waals surface area contributed by atoms with Crippen LogP contribution in [0.5, 0.6) is 0 Å². The second-order valence-corrected chi connectivity index (χ2v) is 4.58. The number of hydrogen-bond acceptors (Lipinski definition) is 4. The largest absolute Gasteiger partial charge is 0.456 e. The number of hydrogen-bond donors (Lipinski definition) is 2. The standard InChI is InChI=1S/C15H19N3O3/c1-3-18(4-2)13-7-5-11(6-8-13)16-15(20)17-12-9-14(19)21-10-12/h5-9H,3-4,10H2,1-2H3,(H2,16,17,20). The number of nitrogens with one attached hydrogen (secondary N) is 2. The number of ether oxygens (including phenoxy) is 1. The summed E-state index contributed by atoms with van der Waals surface area (Å²) in [5.41, 5.74) is 2.26. The Bertz CT molecular complexity index is 548. The van der Waals surface area contributed by atoms with Gasteiger partial charge in [0.1, 0.15) is 6.61 Å². The third-order valence-corrected chi connectivity index (χ3v) is 3.19. The molecule has 112 valence electrons. The number of nitrogens with zero attached hydrogens (tertiary/aromatic N) is 1. The first-order valence-corrected chi connectivity index (χ1v) is 6.92. The molecule has 0 fully saturated rings. The molecule has 0 aliphatic carbocycles. The summed E-state index contributed by atoms with van der Waals surface area (Å²) in [5, 5.41) is 5.28. The molecule has 1 heterocycles. The van der Waals surface area contributed by atoms with E-state index in [1.165, 1.54) is 6.08 Å². The summed E-state index contributed by atoms with van der Waals surface area (Å²) < 4.78 is 4.70. The first-order valence-electron chi connectivity index (χ1n) is 6.92. The number of rotatable bonds is 5. The van der Waals surface area contributed by atoms with E-state index < -0.39 is 12.0 Å². The molecule has 2 amide bonds. The van der Waals surface area contributed by atoms with E-state index in [9.17, 15) is 9.59 Å². The van der Waals surface area contributed by atoms with Crippen molar-refractivity contribution >= 4 is 23.4 Å². The van der Waals surface area contributed by atoms with Crippen LogP contribution in [0.25, 0.3) is 0 Å². The highest BCUT2D eigenvalue weighted by atomic mass is 16.5. The highest BCUT2D eigenvalue weighted by Crippen LogP contribution is 2.17. The molecular weight excluding hydrogens is 270 g/mol. The van der Waals surface area contributed by atoms with Crippen molar-refractivity contribution in [1.82, 2.24) is 5.32 Å². The number of carbonyl (C=O) groups is 2. The molecular formula is C15H19N3O3. The van der Waals surface area contributed by atoms with Crippen molar-refractivity contribution in [2.24, 2.45) is 0 Å². The van der Waals surface area contributed by atoms with E-state index in [-0.39, 0.29) is 6.61 Å². The van der Waals surface area contributed by atoms with Crippen LogP contribution in [0.4, 0.5) is 16.2 Å². The molecule has 0 radical (unpaired) electrons. The first-order chi connectivity index (χ1) is 10.1. The molecule has 0 bridgehead atoms. The summed E-state index contributed by atoms with van der Waals surface area (Å²) in [5.74, 6) is -0.436. The number of amides is 2. The van der Waals surface area contributed by atoms with Gasteiger partial charge in [-0.25, -0.2) is 9.59 Å². The van der Waals surface area contributed by atoms with Crippen molar-refractivity contribution in [3.05, 3.63) is 36.0 Å². The Labute approximate surface area is 123 Å². The Kier molecular flexibility index (Phi) is 4.81. The molecule has 0 saturated heterocycles. The summed E-state index contributed by atoms with van der Waals surface area (Å²) >= 11 is 0. The highest BCUT2D eigenvalue weighted by molar-refractivity contribution is 5.93. The van der Waals surface area contributed by atoms with Crippen molar-refractivity contribution in [2.45, 2.75) is 13.8 Å². The van der Waals surface area contributed by atoms with Crippen LogP contribution < -0.4 is 15.5 Å². The zero-order chi connectivity index (χ0) is 15.2. The van der Waals surface area contributed by atoms with Crippen LogP contribution in [0.3, 0.4) is 0 Å². The fraction of sp³-hybridized carbons (Fsp3) is 0.333. The first kappa shape index (κ1) is 14.9. The molecule has 0 saturated carbocycles. The summed E-state index contributed by atoms with van der Waals surface area (Å²) in [6.07, 6.45) is 1.27. The molecule has 6 heteroatoms. The van der Waals surface area contributed by atoms with Gasteiger partial charge in [-0.05, 0) is 38.1 Å². The maximum atomic E-state index is 11.8. The van der Waals surface area contributed by atoms with Gasteiger partial charge in [0.05, 0.1) is 5.70 Å². The normalized spacial score (nSPS) is 13.4. The molecule has 21 heavy (non-hydrogen) atoms. The Morgan fingerprint density at radius 1 is 1.19 bits per heavy atom. The summed E-state index contributed by atoms with van der Waals surface area (Å²) in [6.45, 7) is 6.18. The molecule has 1 aromatic carbocycles. The van der Waals surface area contributed by atoms with Crippen molar-refractivity contribution in [2.75, 3.05) is 29.9 Å². The Balaban J connectivity index is 1.92. The number of benzene rings is 1. The van der Waals surface area contributed by atoms with Crippen molar-refractivity contribution in [3.8, 4) is 0 Å². The minimum atomic E-state index is -0.436. The second kappa shape index (κ2) is 6.78. The molecule has 0 atom stereocenters. The van der Waals surface area contributed by atoms with E-state index in [1.807, 2.05) is 24.3 Å². The Hall–Kier alpha value is -2.50. The molecule has 2 N–H and O–H groups in total. The smallest absolute Gasteiger partial charge is 0.333 e. The minimum Gasteiger partial charge on any atom is -0.456 e. The molecule has 2 rings (SSSR count). The fourth-order valence-corrected chi connectivity index (χ4v) is 2.10. The second-order valence-electron chi connectivity index (χ2n) is 4.58. The third-order valence-electron chi connectivity index (χ3n) is 3.19. The summed E-state index contributed by atoms with van der Waals surface area (Å²) in [4.78, 5) is 24.9. The van der Waals surface area contributed by atoms with Gasteiger partial charge in [-0.2, -0.15) is 0 Å². The third kappa shape index (κ3) is 3.98. The summed E-state index contributed by atoms with van der Waals surface area (Å²) in [6, 6.07) is 7.22. The van der Waals surface area contributed by atoms with Gasteiger partial charge >= 0.3 is 12.0 Å². The molecule has 1 aliphatic rings. The van der Waals surface area contributed by atoms with E-state index in [2.05, 4.69) is 29.4 Å². The lowest BCUT2D eigenvalue weighted by Crippen LogP contribution is -2.28. The maximum absolute atomic E-state index is 11.8. The van der Waals surface area contributed by atoms with Gasteiger partial charge in [-0.3, -0.25) is 0 Å². The van der Waals surface area contributed by atoms with Gasteiger partial charge in [0, 0.05) is 30.5 Å². The van der Waals surface area contributed by atoms with Crippen LogP contribution in [-0.2, 0) is 9.53 Å². The molecule has 6 nitrogen and oxygen atoms in total. The van der Waals surface area contributed by atoms with Gasteiger partial charge < -0.3 is 20.3 Å². The van der Waals surface area contributed by atoms with Crippen molar-refractivity contribution in [3.63, 3.8) is 0 Å².